The Labute approximate surface area is 179 Å². The van der Waals surface area contributed by atoms with Crippen LogP contribution in [0.2, 0.25) is 5.02 Å². The van der Waals surface area contributed by atoms with E-state index in [1.807, 2.05) is 31.2 Å². The fourth-order valence-electron chi connectivity index (χ4n) is 3.27. The molecule has 0 N–H and O–H groups in total. The molecule has 0 atom stereocenters. The quantitative estimate of drug-likeness (QED) is 0.390. The highest BCUT2D eigenvalue weighted by atomic mass is 35.5. The van der Waals surface area contributed by atoms with Crippen molar-refractivity contribution in [2.75, 3.05) is 5.01 Å². The molecule has 1 aliphatic heterocycles. The van der Waals surface area contributed by atoms with Crippen molar-refractivity contribution in [2.45, 2.75) is 20.8 Å². The lowest BCUT2D eigenvalue weighted by molar-refractivity contribution is -0.114. The number of nitrogens with zero attached hydrogens (tertiary/aromatic N) is 2. The lowest BCUT2D eigenvalue weighted by atomic mass is 10.1. The number of halogens is 1. The standard InChI is InChI=1S/C24H19ClN2O3/c1-14-21(25)5-4-6-22(14)27-24(29)20(15(2)26-27)13-19-11-12-23(30-19)18-9-7-17(8-10-18)16(3)28/h4-13H,1-3H3. The summed E-state index contributed by atoms with van der Waals surface area (Å²) in [6, 6.07) is 16.2. The fraction of sp³-hybridized carbons (Fsp3) is 0.125. The second kappa shape index (κ2) is 7.76. The number of benzene rings is 2. The maximum Gasteiger partial charge on any atom is 0.280 e. The molecule has 2 aromatic carbocycles. The van der Waals surface area contributed by atoms with Crippen LogP contribution in [-0.4, -0.2) is 17.4 Å². The van der Waals surface area contributed by atoms with E-state index in [9.17, 15) is 9.59 Å². The van der Waals surface area contributed by atoms with E-state index in [2.05, 4.69) is 5.10 Å². The molecule has 150 valence electrons. The summed E-state index contributed by atoms with van der Waals surface area (Å²) in [5, 5.41) is 6.36. The highest BCUT2D eigenvalue weighted by Gasteiger charge is 2.30. The predicted octanol–water partition coefficient (Wildman–Crippen LogP) is 5.92. The Morgan fingerprint density at radius 2 is 1.80 bits per heavy atom. The molecule has 2 heterocycles. The van der Waals surface area contributed by atoms with Crippen LogP contribution in [0, 0.1) is 6.92 Å². The molecular formula is C24H19ClN2O3. The van der Waals surface area contributed by atoms with Gasteiger partial charge in [-0.3, -0.25) is 9.59 Å². The zero-order chi connectivity index (χ0) is 21.4. The molecule has 30 heavy (non-hydrogen) atoms. The number of hydrazone groups is 1. The third-order valence-corrected chi connectivity index (χ3v) is 5.43. The van der Waals surface area contributed by atoms with Gasteiger partial charge in [0.2, 0.25) is 0 Å². The number of ketones is 1. The Balaban J connectivity index is 1.61. The first-order chi connectivity index (χ1) is 14.3. The zero-order valence-corrected chi connectivity index (χ0v) is 17.5. The van der Waals surface area contributed by atoms with Gasteiger partial charge < -0.3 is 4.42 Å². The molecule has 4 rings (SSSR count). The summed E-state index contributed by atoms with van der Waals surface area (Å²) in [6.07, 6.45) is 1.69. The summed E-state index contributed by atoms with van der Waals surface area (Å²) in [5.41, 5.74) is 4.00. The maximum atomic E-state index is 13.0. The highest BCUT2D eigenvalue weighted by Crippen LogP contribution is 2.32. The molecule has 1 aromatic heterocycles. The average molecular weight is 419 g/mol. The second-order valence-electron chi connectivity index (χ2n) is 7.08. The van der Waals surface area contributed by atoms with Gasteiger partial charge in [0.15, 0.2) is 5.78 Å². The molecule has 6 heteroatoms. The van der Waals surface area contributed by atoms with Crippen LogP contribution in [0.15, 0.2) is 69.7 Å². The first-order valence-corrected chi connectivity index (χ1v) is 9.81. The number of carbonyl (C=O) groups excluding carboxylic acids is 2. The molecule has 5 nitrogen and oxygen atoms in total. The van der Waals surface area contributed by atoms with Crippen LogP contribution >= 0.6 is 11.6 Å². The minimum Gasteiger partial charge on any atom is -0.457 e. The van der Waals surface area contributed by atoms with Crippen molar-refractivity contribution in [1.29, 1.82) is 0 Å². The Kier molecular flexibility index (Phi) is 5.14. The monoisotopic (exact) mass is 418 g/mol. The Morgan fingerprint density at radius 1 is 1.07 bits per heavy atom. The first-order valence-electron chi connectivity index (χ1n) is 9.43. The van der Waals surface area contributed by atoms with E-state index in [1.165, 1.54) is 11.9 Å². The second-order valence-corrected chi connectivity index (χ2v) is 7.49. The lowest BCUT2D eigenvalue weighted by Gasteiger charge is -2.15. The van der Waals surface area contributed by atoms with Crippen LogP contribution in [0.5, 0.6) is 0 Å². The fourth-order valence-corrected chi connectivity index (χ4v) is 3.44. The molecule has 1 amide bonds. The van der Waals surface area contributed by atoms with Crippen molar-refractivity contribution in [3.05, 3.63) is 82.1 Å². The summed E-state index contributed by atoms with van der Waals surface area (Å²) < 4.78 is 5.90. The van der Waals surface area contributed by atoms with Crippen molar-refractivity contribution >= 4 is 40.8 Å². The van der Waals surface area contributed by atoms with Gasteiger partial charge in [-0.05, 0) is 56.7 Å². The number of amides is 1. The minimum absolute atomic E-state index is 0.0143. The number of carbonyl (C=O) groups is 2. The maximum absolute atomic E-state index is 13.0. The largest absolute Gasteiger partial charge is 0.457 e. The van der Waals surface area contributed by atoms with Crippen LogP contribution < -0.4 is 5.01 Å². The number of hydrogen-bond acceptors (Lipinski definition) is 4. The van der Waals surface area contributed by atoms with Crippen LogP contribution in [0.3, 0.4) is 0 Å². The Hall–Kier alpha value is -3.44. The molecule has 0 fully saturated rings. The summed E-state index contributed by atoms with van der Waals surface area (Å²) >= 11 is 6.20. The van der Waals surface area contributed by atoms with E-state index in [4.69, 9.17) is 16.0 Å². The van der Waals surface area contributed by atoms with Crippen LogP contribution in [-0.2, 0) is 4.79 Å². The lowest BCUT2D eigenvalue weighted by Crippen LogP contribution is -2.22. The van der Waals surface area contributed by atoms with E-state index in [1.54, 1.807) is 43.3 Å². The topological polar surface area (TPSA) is 62.9 Å². The van der Waals surface area contributed by atoms with Crippen LogP contribution in [0.25, 0.3) is 17.4 Å². The number of rotatable bonds is 4. The minimum atomic E-state index is -0.235. The molecule has 0 saturated heterocycles. The highest BCUT2D eigenvalue weighted by molar-refractivity contribution is 6.34. The predicted molar refractivity (Wildman–Crippen MR) is 119 cm³/mol. The van der Waals surface area contributed by atoms with E-state index in [-0.39, 0.29) is 11.7 Å². The van der Waals surface area contributed by atoms with E-state index < -0.39 is 0 Å². The SMILES string of the molecule is CC(=O)c1ccc(-c2ccc(C=C3C(=O)N(c4cccc(Cl)c4C)N=C3C)o2)cc1. The zero-order valence-electron chi connectivity index (χ0n) is 16.8. The summed E-state index contributed by atoms with van der Waals surface area (Å²) in [7, 11) is 0. The van der Waals surface area contributed by atoms with Gasteiger partial charge in [-0.1, -0.05) is 41.9 Å². The van der Waals surface area contributed by atoms with Crippen molar-refractivity contribution in [3.63, 3.8) is 0 Å². The van der Waals surface area contributed by atoms with Gasteiger partial charge in [-0.15, -0.1) is 0 Å². The van der Waals surface area contributed by atoms with Gasteiger partial charge in [-0.2, -0.15) is 10.1 Å². The molecule has 0 aliphatic carbocycles. The molecule has 0 bridgehead atoms. The smallest absolute Gasteiger partial charge is 0.280 e. The Bertz CT molecular complexity index is 1220. The first kappa shape index (κ1) is 19.9. The molecule has 3 aromatic rings. The van der Waals surface area contributed by atoms with Crippen LogP contribution in [0.1, 0.15) is 35.5 Å². The molecule has 0 saturated carbocycles. The van der Waals surface area contributed by atoms with Gasteiger partial charge in [0.1, 0.15) is 11.5 Å². The van der Waals surface area contributed by atoms with Gasteiger partial charge >= 0.3 is 0 Å². The molecule has 0 spiro atoms. The van der Waals surface area contributed by atoms with Crippen molar-refractivity contribution in [2.24, 2.45) is 5.10 Å². The number of hydrogen-bond donors (Lipinski definition) is 0. The summed E-state index contributed by atoms with van der Waals surface area (Å²) in [5.74, 6) is 0.977. The van der Waals surface area contributed by atoms with E-state index >= 15 is 0 Å². The van der Waals surface area contributed by atoms with Crippen LogP contribution in [0.4, 0.5) is 5.69 Å². The molecule has 0 radical (unpaired) electrons. The van der Waals surface area contributed by atoms with Crippen molar-refractivity contribution in [1.82, 2.24) is 0 Å². The number of anilines is 1. The number of Topliss-reactive ketones (excluding diaryl/α,β-unsaturated/α-hetero) is 1. The Morgan fingerprint density at radius 3 is 2.50 bits per heavy atom. The van der Waals surface area contributed by atoms with Crippen molar-refractivity contribution in [3.8, 4) is 11.3 Å². The summed E-state index contributed by atoms with van der Waals surface area (Å²) in [4.78, 5) is 24.4. The van der Waals surface area contributed by atoms with Crippen molar-refractivity contribution < 1.29 is 14.0 Å². The third-order valence-electron chi connectivity index (χ3n) is 5.02. The van der Waals surface area contributed by atoms with Gasteiger partial charge in [0.25, 0.3) is 5.91 Å². The average Bonchev–Trinajstić information content (AvgIpc) is 3.30. The molecular weight excluding hydrogens is 400 g/mol. The van der Waals surface area contributed by atoms with Gasteiger partial charge in [0, 0.05) is 16.1 Å². The molecule has 1 aliphatic rings. The normalized spacial score (nSPS) is 15.1. The van der Waals surface area contributed by atoms with E-state index in [0.717, 1.165) is 11.1 Å². The van der Waals surface area contributed by atoms with Gasteiger partial charge in [-0.25, -0.2) is 0 Å². The molecule has 0 unspecified atom stereocenters. The van der Waals surface area contributed by atoms with Gasteiger partial charge in [0.05, 0.1) is 17.0 Å². The van der Waals surface area contributed by atoms with E-state index in [0.29, 0.717) is 39.1 Å². The summed E-state index contributed by atoms with van der Waals surface area (Å²) in [6.45, 7) is 5.17. The number of furan rings is 1. The third kappa shape index (κ3) is 3.60.